The molecule has 0 atom stereocenters. The number of hydrogen-bond acceptors (Lipinski definition) is 3. The second-order valence-corrected chi connectivity index (χ2v) is 19.5. The van der Waals surface area contributed by atoms with Gasteiger partial charge in [-0.05, 0) is 112 Å². The molecule has 0 aliphatic heterocycles. The van der Waals surface area contributed by atoms with Crippen molar-refractivity contribution in [2.24, 2.45) is 0 Å². The van der Waals surface area contributed by atoms with Gasteiger partial charge in [0.25, 0.3) is 0 Å². The summed E-state index contributed by atoms with van der Waals surface area (Å²) in [6.07, 6.45) is 2.34. The summed E-state index contributed by atoms with van der Waals surface area (Å²) in [5.41, 5.74) is 12.9. The van der Waals surface area contributed by atoms with Gasteiger partial charge in [0, 0.05) is 49.3 Å². The first-order valence-corrected chi connectivity index (χ1v) is 23.2. The van der Waals surface area contributed by atoms with Crippen LogP contribution in [0.15, 0.2) is 188 Å². The standard InChI is InChI=1S/C61H47N5/c1-60(2)32-33-61(3,4)51-37-56-49(36-50(51)60)47-24-11-14-27-54(47)66(56)55-31-30-48(43-20-7-8-21-44(43)55)59-63-57(62-58(64-59)41-29-28-38-16-5-6-17-39(38)34-41)40-18-15-19-42(35-40)65-52-25-12-9-22-45(52)46-23-10-13-26-53(46)65/h5-31,34-37H,32-33H2,1-4H3. The lowest BCUT2D eigenvalue weighted by Gasteiger charge is -2.42. The fraction of sp³-hybridized carbons (Fsp3) is 0.131. The van der Waals surface area contributed by atoms with Crippen molar-refractivity contribution in [3.63, 3.8) is 0 Å². The predicted octanol–water partition coefficient (Wildman–Crippen LogP) is 15.7. The molecule has 5 heteroatoms. The molecule has 0 bridgehead atoms. The molecule has 12 aromatic rings. The largest absolute Gasteiger partial charge is 0.309 e. The molecule has 1 aliphatic carbocycles. The molecule has 0 fully saturated rings. The molecule has 0 unspecified atom stereocenters. The highest BCUT2D eigenvalue weighted by atomic mass is 15.0. The van der Waals surface area contributed by atoms with Crippen LogP contribution in [0.4, 0.5) is 0 Å². The summed E-state index contributed by atoms with van der Waals surface area (Å²) in [6.45, 7) is 9.66. The van der Waals surface area contributed by atoms with Crippen molar-refractivity contribution in [2.45, 2.75) is 51.4 Å². The van der Waals surface area contributed by atoms with Crippen LogP contribution in [0.5, 0.6) is 0 Å². The van der Waals surface area contributed by atoms with Gasteiger partial charge < -0.3 is 9.13 Å². The van der Waals surface area contributed by atoms with Gasteiger partial charge in [0.15, 0.2) is 17.5 Å². The lowest BCUT2D eigenvalue weighted by Crippen LogP contribution is -2.33. The maximum Gasteiger partial charge on any atom is 0.164 e. The molecular formula is C61H47N5. The molecule has 5 nitrogen and oxygen atoms in total. The molecule has 0 radical (unpaired) electrons. The number of aromatic nitrogens is 5. The van der Waals surface area contributed by atoms with Gasteiger partial charge in [0.05, 0.1) is 27.8 Å². The van der Waals surface area contributed by atoms with Crippen molar-refractivity contribution in [1.29, 1.82) is 0 Å². The highest BCUT2D eigenvalue weighted by Crippen LogP contribution is 2.49. The molecule has 0 saturated heterocycles. The molecule has 66 heavy (non-hydrogen) atoms. The van der Waals surface area contributed by atoms with Crippen molar-refractivity contribution in [3.05, 3.63) is 199 Å². The lowest BCUT2D eigenvalue weighted by atomic mass is 9.63. The van der Waals surface area contributed by atoms with Crippen LogP contribution >= 0.6 is 0 Å². The van der Waals surface area contributed by atoms with Crippen LogP contribution in [0.3, 0.4) is 0 Å². The smallest absolute Gasteiger partial charge is 0.164 e. The molecule has 3 heterocycles. The molecular weight excluding hydrogens is 803 g/mol. The average Bonchev–Trinajstić information content (AvgIpc) is 3.87. The van der Waals surface area contributed by atoms with E-state index in [2.05, 4.69) is 225 Å². The first-order chi connectivity index (χ1) is 32.2. The number of hydrogen-bond donors (Lipinski definition) is 0. The summed E-state index contributed by atoms with van der Waals surface area (Å²) < 4.78 is 4.84. The molecule has 0 saturated carbocycles. The Morgan fingerprint density at radius 3 is 1.58 bits per heavy atom. The van der Waals surface area contributed by atoms with Crippen molar-refractivity contribution >= 4 is 65.2 Å². The van der Waals surface area contributed by atoms with Crippen LogP contribution in [0.1, 0.15) is 51.7 Å². The van der Waals surface area contributed by atoms with Gasteiger partial charge in [-0.2, -0.15) is 0 Å². The van der Waals surface area contributed by atoms with Gasteiger partial charge in [-0.25, -0.2) is 15.0 Å². The maximum absolute atomic E-state index is 5.39. The van der Waals surface area contributed by atoms with Crippen molar-refractivity contribution in [2.75, 3.05) is 0 Å². The first kappa shape index (κ1) is 38.6. The SMILES string of the molecule is CC1(C)CCC(C)(C)c2cc3c(cc21)c1ccccc1n3-c1ccc(-c2nc(-c3cccc(-n4c5ccccc5c5ccccc54)c3)nc(-c3ccc4ccccc4c3)n2)c2ccccc12. The van der Waals surface area contributed by atoms with Gasteiger partial charge in [0.2, 0.25) is 0 Å². The van der Waals surface area contributed by atoms with Gasteiger partial charge in [-0.15, -0.1) is 0 Å². The van der Waals surface area contributed by atoms with Crippen molar-refractivity contribution < 1.29 is 0 Å². The van der Waals surface area contributed by atoms with Crippen LogP contribution in [0, 0.1) is 0 Å². The highest BCUT2D eigenvalue weighted by Gasteiger charge is 2.38. The van der Waals surface area contributed by atoms with Crippen molar-refractivity contribution in [3.8, 4) is 45.5 Å². The molecule has 0 spiro atoms. The fourth-order valence-corrected chi connectivity index (χ4v) is 11.0. The van der Waals surface area contributed by atoms with E-state index in [-0.39, 0.29) is 10.8 Å². The Labute approximate surface area is 383 Å². The minimum atomic E-state index is 0.0777. The topological polar surface area (TPSA) is 48.5 Å². The fourth-order valence-electron chi connectivity index (χ4n) is 11.0. The van der Waals surface area contributed by atoms with Gasteiger partial charge in [-0.3, -0.25) is 0 Å². The number of fused-ring (bicyclic) bond motifs is 9. The monoisotopic (exact) mass is 849 g/mol. The molecule has 0 amide bonds. The minimum absolute atomic E-state index is 0.0777. The van der Waals surface area contributed by atoms with E-state index < -0.39 is 0 Å². The molecule has 316 valence electrons. The van der Waals surface area contributed by atoms with Gasteiger partial charge >= 0.3 is 0 Å². The predicted molar refractivity (Wildman–Crippen MR) is 275 cm³/mol. The van der Waals surface area contributed by atoms with Crippen LogP contribution in [0.2, 0.25) is 0 Å². The zero-order chi connectivity index (χ0) is 44.3. The van der Waals surface area contributed by atoms with E-state index in [0.29, 0.717) is 17.5 Å². The summed E-state index contributed by atoms with van der Waals surface area (Å²) in [7, 11) is 0. The Morgan fingerprint density at radius 1 is 0.364 bits per heavy atom. The van der Waals surface area contributed by atoms with E-state index in [4.69, 9.17) is 15.0 Å². The number of para-hydroxylation sites is 3. The first-order valence-electron chi connectivity index (χ1n) is 23.2. The normalized spacial score (nSPS) is 14.5. The summed E-state index contributed by atoms with van der Waals surface area (Å²) in [6, 6.07) is 68.0. The van der Waals surface area contributed by atoms with Gasteiger partial charge in [-0.1, -0.05) is 155 Å². The molecule has 1 aliphatic rings. The average molecular weight is 850 g/mol. The third kappa shape index (κ3) is 5.89. The van der Waals surface area contributed by atoms with E-state index in [1.165, 1.54) is 55.5 Å². The minimum Gasteiger partial charge on any atom is -0.309 e. The van der Waals surface area contributed by atoms with Crippen LogP contribution in [0.25, 0.3) is 111 Å². The van der Waals surface area contributed by atoms with E-state index in [0.717, 1.165) is 61.7 Å². The third-order valence-corrected chi connectivity index (χ3v) is 14.6. The second-order valence-electron chi connectivity index (χ2n) is 19.5. The zero-order valence-electron chi connectivity index (χ0n) is 37.5. The lowest BCUT2D eigenvalue weighted by molar-refractivity contribution is 0.332. The summed E-state index contributed by atoms with van der Waals surface area (Å²) in [5, 5.41) is 9.56. The summed E-state index contributed by atoms with van der Waals surface area (Å²) in [4.78, 5) is 16.0. The van der Waals surface area contributed by atoms with Crippen LogP contribution in [-0.2, 0) is 10.8 Å². The van der Waals surface area contributed by atoms with Crippen LogP contribution < -0.4 is 0 Å². The maximum atomic E-state index is 5.39. The number of rotatable bonds is 5. The Balaban J connectivity index is 1.03. The quantitative estimate of drug-likeness (QED) is 0.173. The Hall–Kier alpha value is -7.89. The Morgan fingerprint density at radius 2 is 0.894 bits per heavy atom. The van der Waals surface area contributed by atoms with E-state index in [1.807, 2.05) is 0 Å². The third-order valence-electron chi connectivity index (χ3n) is 14.6. The van der Waals surface area contributed by atoms with E-state index in [9.17, 15) is 0 Å². The Bertz CT molecular complexity index is 3900. The van der Waals surface area contributed by atoms with Crippen LogP contribution in [-0.4, -0.2) is 24.1 Å². The molecule has 13 rings (SSSR count). The molecule has 9 aromatic carbocycles. The number of benzene rings is 9. The molecule has 3 aromatic heterocycles. The van der Waals surface area contributed by atoms with Crippen molar-refractivity contribution in [1.82, 2.24) is 24.1 Å². The van der Waals surface area contributed by atoms with E-state index in [1.54, 1.807) is 0 Å². The van der Waals surface area contributed by atoms with Gasteiger partial charge in [0.1, 0.15) is 0 Å². The highest BCUT2D eigenvalue weighted by molar-refractivity contribution is 6.12. The molecule has 0 N–H and O–H groups in total. The number of nitrogens with zero attached hydrogens (tertiary/aromatic N) is 5. The van der Waals surface area contributed by atoms with E-state index >= 15 is 0 Å². The summed E-state index contributed by atoms with van der Waals surface area (Å²) >= 11 is 0. The zero-order valence-corrected chi connectivity index (χ0v) is 37.5. The second kappa shape index (κ2) is 14.3. The summed E-state index contributed by atoms with van der Waals surface area (Å²) in [5.74, 6) is 1.89. The Kier molecular flexibility index (Phi) is 8.36.